The molecule has 2 saturated heterocycles. The van der Waals surface area contributed by atoms with Crippen LogP contribution in [0.25, 0.3) is 0 Å². The third-order valence-electron chi connectivity index (χ3n) is 3.63. The number of likely N-dealkylation sites (tertiary alicyclic amines) is 1. The van der Waals surface area contributed by atoms with Gasteiger partial charge in [0.2, 0.25) is 0 Å². The van der Waals surface area contributed by atoms with Crippen molar-refractivity contribution in [2.75, 3.05) is 26.8 Å². The summed E-state index contributed by atoms with van der Waals surface area (Å²) >= 11 is 0. The summed E-state index contributed by atoms with van der Waals surface area (Å²) in [5, 5.41) is 9.92. The van der Waals surface area contributed by atoms with E-state index in [0.29, 0.717) is 6.42 Å². The number of aliphatic hydroxyl groups excluding tert-OH is 1. The molecule has 0 aliphatic carbocycles. The van der Waals surface area contributed by atoms with Crippen LogP contribution < -0.4 is 0 Å². The Kier molecular flexibility index (Phi) is 5.37. The summed E-state index contributed by atoms with van der Waals surface area (Å²) in [6.45, 7) is 1.80. The first kappa shape index (κ1) is 15.4. The SMILES string of the molecule is COP(=O)(O)OC[C@H]1O[C@@H](N2CCCCC2)CC1O. The highest BCUT2D eigenvalue weighted by Crippen LogP contribution is 2.42. The number of hydrogen-bond acceptors (Lipinski definition) is 6. The maximum Gasteiger partial charge on any atom is 0.472 e. The van der Waals surface area contributed by atoms with Crippen molar-refractivity contribution in [2.24, 2.45) is 0 Å². The predicted octanol–water partition coefficient (Wildman–Crippen LogP) is 0.712. The van der Waals surface area contributed by atoms with E-state index >= 15 is 0 Å². The summed E-state index contributed by atoms with van der Waals surface area (Å²) in [6.07, 6.45) is 2.66. The van der Waals surface area contributed by atoms with Crippen molar-refractivity contribution >= 4 is 7.82 Å². The van der Waals surface area contributed by atoms with Gasteiger partial charge in [0.15, 0.2) is 0 Å². The van der Waals surface area contributed by atoms with Gasteiger partial charge < -0.3 is 14.7 Å². The number of aliphatic hydroxyl groups is 1. The van der Waals surface area contributed by atoms with Crippen molar-refractivity contribution in [1.82, 2.24) is 4.90 Å². The molecule has 4 atom stereocenters. The zero-order chi connectivity index (χ0) is 13.9. The molecular formula is C11H22NO6P. The molecule has 0 aromatic carbocycles. The van der Waals surface area contributed by atoms with E-state index in [1.54, 1.807) is 0 Å². The number of hydrogen-bond donors (Lipinski definition) is 2. The normalized spacial score (nSPS) is 36.3. The van der Waals surface area contributed by atoms with E-state index in [-0.39, 0.29) is 12.8 Å². The first-order valence-electron chi connectivity index (χ1n) is 6.62. The molecule has 0 amide bonds. The second-order valence-electron chi connectivity index (χ2n) is 4.98. The van der Waals surface area contributed by atoms with Crippen LogP contribution in [0.3, 0.4) is 0 Å². The van der Waals surface area contributed by atoms with Crippen LogP contribution in [-0.4, -0.2) is 60.1 Å². The number of piperidine rings is 1. The Morgan fingerprint density at radius 3 is 2.68 bits per heavy atom. The Hall–Kier alpha value is -0.0100. The van der Waals surface area contributed by atoms with Crippen LogP contribution in [0.1, 0.15) is 25.7 Å². The number of ether oxygens (including phenoxy) is 1. The Morgan fingerprint density at radius 1 is 1.37 bits per heavy atom. The molecule has 0 aromatic rings. The van der Waals surface area contributed by atoms with Gasteiger partial charge in [-0.05, 0) is 12.8 Å². The average molecular weight is 295 g/mol. The lowest BCUT2D eigenvalue weighted by Crippen LogP contribution is -2.39. The molecule has 0 spiro atoms. The molecule has 0 saturated carbocycles. The Bertz CT molecular complexity index is 335. The number of phosphoric ester groups is 1. The van der Waals surface area contributed by atoms with Gasteiger partial charge >= 0.3 is 7.82 Å². The van der Waals surface area contributed by atoms with Crippen molar-refractivity contribution in [2.45, 2.75) is 44.1 Å². The lowest BCUT2D eigenvalue weighted by Gasteiger charge is -2.31. The molecule has 7 nitrogen and oxygen atoms in total. The van der Waals surface area contributed by atoms with Crippen molar-refractivity contribution in [1.29, 1.82) is 0 Å². The van der Waals surface area contributed by atoms with Gasteiger partial charge in [0.25, 0.3) is 0 Å². The number of phosphoric acid groups is 1. The average Bonchev–Trinajstić information content (AvgIpc) is 2.79. The quantitative estimate of drug-likeness (QED) is 0.722. The highest BCUT2D eigenvalue weighted by atomic mass is 31.2. The fourth-order valence-corrected chi connectivity index (χ4v) is 2.96. The van der Waals surface area contributed by atoms with E-state index < -0.39 is 20.0 Å². The molecule has 0 bridgehead atoms. The van der Waals surface area contributed by atoms with E-state index in [1.165, 1.54) is 6.42 Å². The molecule has 2 fully saturated rings. The fraction of sp³-hybridized carbons (Fsp3) is 1.00. The summed E-state index contributed by atoms with van der Waals surface area (Å²) in [7, 11) is -2.91. The number of rotatable bonds is 5. The van der Waals surface area contributed by atoms with Crippen LogP contribution in [0.4, 0.5) is 0 Å². The lowest BCUT2D eigenvalue weighted by molar-refractivity contribution is -0.0823. The van der Waals surface area contributed by atoms with Crippen LogP contribution in [-0.2, 0) is 18.3 Å². The fourth-order valence-electron chi connectivity index (χ4n) is 2.52. The van der Waals surface area contributed by atoms with Crippen LogP contribution in [0.15, 0.2) is 0 Å². The third-order valence-corrected chi connectivity index (χ3v) is 4.57. The van der Waals surface area contributed by atoms with Crippen LogP contribution in [0, 0.1) is 0 Å². The zero-order valence-electron chi connectivity index (χ0n) is 11.1. The summed E-state index contributed by atoms with van der Waals surface area (Å²) in [4.78, 5) is 11.4. The van der Waals surface area contributed by atoms with E-state index in [1.807, 2.05) is 0 Å². The van der Waals surface area contributed by atoms with Gasteiger partial charge in [-0.15, -0.1) is 0 Å². The molecule has 8 heteroatoms. The Morgan fingerprint density at radius 2 is 2.05 bits per heavy atom. The Labute approximate surface area is 113 Å². The predicted molar refractivity (Wildman–Crippen MR) is 67.5 cm³/mol. The first-order valence-corrected chi connectivity index (χ1v) is 8.12. The molecule has 2 aliphatic heterocycles. The molecule has 112 valence electrons. The van der Waals surface area contributed by atoms with Crippen molar-refractivity contribution in [3.05, 3.63) is 0 Å². The molecule has 2 N–H and O–H groups in total. The van der Waals surface area contributed by atoms with Gasteiger partial charge in [-0.3, -0.25) is 13.9 Å². The molecule has 2 rings (SSSR count). The monoisotopic (exact) mass is 295 g/mol. The van der Waals surface area contributed by atoms with Gasteiger partial charge in [0.05, 0.1) is 12.7 Å². The minimum Gasteiger partial charge on any atom is -0.390 e. The minimum absolute atomic E-state index is 0.121. The molecule has 2 heterocycles. The number of nitrogens with zero attached hydrogens (tertiary/aromatic N) is 1. The van der Waals surface area contributed by atoms with E-state index in [4.69, 9.17) is 14.2 Å². The van der Waals surface area contributed by atoms with Gasteiger partial charge in [-0.2, -0.15) is 0 Å². The highest BCUT2D eigenvalue weighted by Gasteiger charge is 2.38. The molecule has 2 unspecified atom stereocenters. The van der Waals surface area contributed by atoms with E-state index in [0.717, 1.165) is 33.0 Å². The lowest BCUT2D eigenvalue weighted by atomic mass is 10.1. The maximum absolute atomic E-state index is 11.2. The molecule has 2 aliphatic rings. The summed E-state index contributed by atoms with van der Waals surface area (Å²) in [5.74, 6) is 0. The van der Waals surface area contributed by atoms with Crippen LogP contribution in [0.5, 0.6) is 0 Å². The molecule has 0 radical (unpaired) electrons. The first-order chi connectivity index (χ1) is 9.02. The molecular weight excluding hydrogens is 273 g/mol. The minimum atomic E-state index is -4.01. The van der Waals surface area contributed by atoms with Crippen LogP contribution in [0.2, 0.25) is 0 Å². The smallest absolute Gasteiger partial charge is 0.390 e. The largest absolute Gasteiger partial charge is 0.472 e. The molecule has 19 heavy (non-hydrogen) atoms. The van der Waals surface area contributed by atoms with Crippen molar-refractivity contribution in [3.8, 4) is 0 Å². The summed E-state index contributed by atoms with van der Waals surface area (Å²) in [6, 6.07) is 0. The highest BCUT2D eigenvalue weighted by molar-refractivity contribution is 7.47. The second-order valence-corrected chi connectivity index (χ2v) is 6.54. The third kappa shape index (κ3) is 4.23. The topological polar surface area (TPSA) is 88.5 Å². The standard InChI is InChI=1S/C11H22NO6P/c1-16-19(14,15)17-8-10-9(13)7-11(18-10)12-5-3-2-4-6-12/h9-11,13H,2-8H2,1H3,(H,14,15)/t9?,10-,11-/m1/s1. The van der Waals surface area contributed by atoms with E-state index in [2.05, 4.69) is 9.42 Å². The van der Waals surface area contributed by atoms with Gasteiger partial charge in [-0.1, -0.05) is 6.42 Å². The maximum atomic E-state index is 11.2. The molecule has 0 aromatic heterocycles. The zero-order valence-corrected chi connectivity index (χ0v) is 12.0. The van der Waals surface area contributed by atoms with Crippen molar-refractivity contribution in [3.63, 3.8) is 0 Å². The summed E-state index contributed by atoms with van der Waals surface area (Å²) < 4.78 is 26.0. The van der Waals surface area contributed by atoms with Gasteiger partial charge in [0, 0.05) is 26.6 Å². The summed E-state index contributed by atoms with van der Waals surface area (Å²) in [5.41, 5.74) is 0. The Balaban J connectivity index is 1.81. The van der Waals surface area contributed by atoms with Crippen molar-refractivity contribution < 1.29 is 28.3 Å². The second kappa shape index (κ2) is 6.63. The van der Waals surface area contributed by atoms with E-state index in [9.17, 15) is 9.67 Å². The van der Waals surface area contributed by atoms with Gasteiger partial charge in [0.1, 0.15) is 12.3 Å². The van der Waals surface area contributed by atoms with Crippen LogP contribution >= 0.6 is 7.82 Å². The van der Waals surface area contributed by atoms with Gasteiger partial charge in [-0.25, -0.2) is 4.57 Å².